The summed E-state index contributed by atoms with van der Waals surface area (Å²) < 4.78 is 1.99. The van der Waals surface area contributed by atoms with Crippen LogP contribution in [0, 0.1) is 5.92 Å². The van der Waals surface area contributed by atoms with Crippen LogP contribution in [0.25, 0.3) is 0 Å². The molecule has 1 aromatic rings. The van der Waals surface area contributed by atoms with Gasteiger partial charge in [-0.05, 0) is 36.1 Å². The molecule has 0 aliphatic carbocycles. The van der Waals surface area contributed by atoms with Gasteiger partial charge in [0.05, 0.1) is 6.10 Å². The molecule has 1 nitrogen and oxygen atoms in total. The van der Waals surface area contributed by atoms with Gasteiger partial charge in [0.1, 0.15) is 0 Å². The quantitative estimate of drug-likeness (QED) is 0.786. The van der Waals surface area contributed by atoms with E-state index < -0.39 is 0 Å². The molecule has 1 aromatic carbocycles. The maximum Gasteiger partial charge on any atom is 0.0801 e. The Kier molecular flexibility index (Phi) is 6.01. The van der Waals surface area contributed by atoms with Gasteiger partial charge in [0.15, 0.2) is 0 Å². The molecule has 0 saturated carbocycles. The topological polar surface area (TPSA) is 20.2 Å². The average molecular weight is 350 g/mol. The summed E-state index contributed by atoms with van der Waals surface area (Å²) in [6.45, 7) is 4.42. The SMILES string of the molecule is CC(C)CCCC(O)c1cc(Br)ccc1Br. The van der Waals surface area contributed by atoms with Gasteiger partial charge >= 0.3 is 0 Å². The Morgan fingerprint density at radius 2 is 1.88 bits per heavy atom. The fraction of sp³-hybridized carbons (Fsp3) is 0.538. The highest BCUT2D eigenvalue weighted by molar-refractivity contribution is 9.11. The van der Waals surface area contributed by atoms with Gasteiger partial charge in [-0.25, -0.2) is 0 Å². The molecule has 1 atom stereocenters. The molecule has 0 amide bonds. The zero-order valence-electron chi connectivity index (χ0n) is 9.71. The number of aliphatic hydroxyl groups is 1. The number of aliphatic hydroxyl groups excluding tert-OH is 1. The van der Waals surface area contributed by atoms with Gasteiger partial charge in [0, 0.05) is 8.95 Å². The predicted molar refractivity (Wildman–Crippen MR) is 75.5 cm³/mol. The monoisotopic (exact) mass is 348 g/mol. The second-order valence-corrected chi connectivity index (χ2v) is 6.28. The van der Waals surface area contributed by atoms with Crippen LogP contribution < -0.4 is 0 Å². The number of rotatable bonds is 5. The Balaban J connectivity index is 2.58. The van der Waals surface area contributed by atoms with Crippen LogP contribution in [0.5, 0.6) is 0 Å². The van der Waals surface area contributed by atoms with Crippen molar-refractivity contribution < 1.29 is 5.11 Å². The number of hydrogen-bond donors (Lipinski definition) is 1. The molecule has 0 fully saturated rings. The van der Waals surface area contributed by atoms with E-state index >= 15 is 0 Å². The fourth-order valence-corrected chi connectivity index (χ4v) is 2.53. The first-order valence-corrected chi connectivity index (χ1v) is 7.22. The largest absolute Gasteiger partial charge is 0.388 e. The molecular formula is C13H18Br2O. The first-order valence-electron chi connectivity index (χ1n) is 5.63. The van der Waals surface area contributed by atoms with E-state index in [1.807, 2.05) is 18.2 Å². The first-order chi connectivity index (χ1) is 7.50. The van der Waals surface area contributed by atoms with Crippen molar-refractivity contribution in [1.29, 1.82) is 0 Å². The molecule has 1 rings (SSSR count). The van der Waals surface area contributed by atoms with Gasteiger partial charge < -0.3 is 5.11 Å². The highest BCUT2D eigenvalue weighted by atomic mass is 79.9. The first kappa shape index (κ1) is 14.2. The zero-order valence-corrected chi connectivity index (χ0v) is 12.9. The molecule has 1 unspecified atom stereocenters. The summed E-state index contributed by atoms with van der Waals surface area (Å²) >= 11 is 6.90. The Bertz CT molecular complexity index is 337. The van der Waals surface area contributed by atoms with Crippen LogP contribution in [0.2, 0.25) is 0 Å². The fourth-order valence-electron chi connectivity index (χ4n) is 1.64. The minimum Gasteiger partial charge on any atom is -0.388 e. The molecule has 16 heavy (non-hydrogen) atoms. The van der Waals surface area contributed by atoms with Gasteiger partial charge in [0.2, 0.25) is 0 Å². The summed E-state index contributed by atoms with van der Waals surface area (Å²) in [5.41, 5.74) is 0.970. The summed E-state index contributed by atoms with van der Waals surface area (Å²) in [5.74, 6) is 0.707. The maximum absolute atomic E-state index is 10.1. The minimum atomic E-state index is -0.370. The van der Waals surface area contributed by atoms with Crippen molar-refractivity contribution in [2.75, 3.05) is 0 Å². The standard InChI is InChI=1S/C13H18Br2O/c1-9(2)4-3-5-13(16)11-8-10(14)6-7-12(11)15/h6-9,13,16H,3-5H2,1-2H3. The Morgan fingerprint density at radius 1 is 1.19 bits per heavy atom. The highest BCUT2D eigenvalue weighted by Crippen LogP contribution is 2.29. The molecule has 0 bridgehead atoms. The van der Waals surface area contributed by atoms with Crippen molar-refractivity contribution in [1.82, 2.24) is 0 Å². The smallest absolute Gasteiger partial charge is 0.0801 e. The third-order valence-corrected chi connectivity index (χ3v) is 3.79. The number of hydrogen-bond acceptors (Lipinski definition) is 1. The van der Waals surface area contributed by atoms with Gasteiger partial charge in [-0.15, -0.1) is 0 Å². The van der Waals surface area contributed by atoms with Crippen molar-refractivity contribution in [3.8, 4) is 0 Å². The Labute approximate surface area is 115 Å². The van der Waals surface area contributed by atoms with Crippen LogP contribution in [-0.4, -0.2) is 5.11 Å². The highest BCUT2D eigenvalue weighted by Gasteiger charge is 2.11. The maximum atomic E-state index is 10.1. The molecule has 0 aromatic heterocycles. The van der Waals surface area contributed by atoms with Crippen LogP contribution in [0.4, 0.5) is 0 Å². The summed E-state index contributed by atoms with van der Waals surface area (Å²) in [4.78, 5) is 0. The Hall–Kier alpha value is 0.140. The van der Waals surface area contributed by atoms with E-state index in [0.29, 0.717) is 5.92 Å². The summed E-state index contributed by atoms with van der Waals surface area (Å²) in [7, 11) is 0. The lowest BCUT2D eigenvalue weighted by atomic mass is 10.0. The van der Waals surface area contributed by atoms with Gasteiger partial charge in [-0.2, -0.15) is 0 Å². The van der Waals surface area contributed by atoms with Crippen LogP contribution in [0.15, 0.2) is 27.1 Å². The van der Waals surface area contributed by atoms with E-state index in [-0.39, 0.29) is 6.10 Å². The lowest BCUT2D eigenvalue weighted by molar-refractivity contribution is 0.161. The van der Waals surface area contributed by atoms with Crippen molar-refractivity contribution in [3.05, 3.63) is 32.7 Å². The van der Waals surface area contributed by atoms with Crippen molar-refractivity contribution in [2.24, 2.45) is 5.92 Å². The van der Waals surface area contributed by atoms with Crippen molar-refractivity contribution in [3.63, 3.8) is 0 Å². The van der Waals surface area contributed by atoms with E-state index in [9.17, 15) is 5.11 Å². The van der Waals surface area contributed by atoms with E-state index in [0.717, 1.165) is 27.4 Å². The third kappa shape index (κ3) is 4.56. The number of benzene rings is 1. The summed E-state index contributed by atoms with van der Waals surface area (Å²) in [5, 5.41) is 10.1. The second kappa shape index (κ2) is 6.77. The second-order valence-electron chi connectivity index (χ2n) is 4.51. The zero-order chi connectivity index (χ0) is 12.1. The molecule has 1 N–H and O–H groups in total. The van der Waals surface area contributed by atoms with Crippen LogP contribution in [0.3, 0.4) is 0 Å². The molecule has 0 heterocycles. The lowest BCUT2D eigenvalue weighted by Crippen LogP contribution is -2.00. The predicted octanol–water partition coefficient (Wildman–Crippen LogP) is 5.07. The summed E-state index contributed by atoms with van der Waals surface area (Å²) in [6.07, 6.45) is 2.69. The molecular weight excluding hydrogens is 332 g/mol. The molecule has 0 spiro atoms. The van der Waals surface area contributed by atoms with Gasteiger partial charge in [-0.3, -0.25) is 0 Å². The van der Waals surface area contributed by atoms with Gasteiger partial charge in [0.25, 0.3) is 0 Å². The molecule has 3 heteroatoms. The van der Waals surface area contributed by atoms with Crippen molar-refractivity contribution >= 4 is 31.9 Å². The molecule has 90 valence electrons. The van der Waals surface area contributed by atoms with Crippen LogP contribution >= 0.6 is 31.9 Å². The minimum absolute atomic E-state index is 0.370. The average Bonchev–Trinajstić information content (AvgIpc) is 2.21. The van der Waals surface area contributed by atoms with E-state index in [4.69, 9.17) is 0 Å². The molecule has 0 saturated heterocycles. The third-order valence-electron chi connectivity index (χ3n) is 2.58. The van der Waals surface area contributed by atoms with E-state index in [1.165, 1.54) is 6.42 Å². The van der Waals surface area contributed by atoms with Crippen molar-refractivity contribution in [2.45, 2.75) is 39.2 Å². The van der Waals surface area contributed by atoms with E-state index in [1.54, 1.807) is 0 Å². The summed E-state index contributed by atoms with van der Waals surface area (Å²) in [6, 6.07) is 5.91. The molecule has 0 aliphatic rings. The van der Waals surface area contributed by atoms with Crippen LogP contribution in [0.1, 0.15) is 44.8 Å². The van der Waals surface area contributed by atoms with Crippen LogP contribution in [-0.2, 0) is 0 Å². The van der Waals surface area contributed by atoms with E-state index in [2.05, 4.69) is 45.7 Å². The lowest BCUT2D eigenvalue weighted by Gasteiger charge is -2.14. The van der Waals surface area contributed by atoms with Gasteiger partial charge in [-0.1, -0.05) is 58.5 Å². The Morgan fingerprint density at radius 3 is 2.50 bits per heavy atom. The molecule has 0 aliphatic heterocycles. The number of halogens is 2. The normalized spacial score (nSPS) is 13.1. The molecule has 0 radical (unpaired) electrons.